The van der Waals surface area contributed by atoms with Crippen molar-refractivity contribution >= 4 is 12.1 Å². The van der Waals surface area contributed by atoms with Crippen LogP contribution in [0.4, 0.5) is 0 Å². The first kappa shape index (κ1) is 9.98. The molecule has 1 unspecified atom stereocenters. The van der Waals surface area contributed by atoms with Gasteiger partial charge in [-0.25, -0.2) is 0 Å². The van der Waals surface area contributed by atoms with Crippen LogP contribution in [0.1, 0.15) is 20.3 Å². The van der Waals surface area contributed by atoms with Gasteiger partial charge in [0.05, 0.1) is 6.04 Å². The lowest BCUT2D eigenvalue weighted by Gasteiger charge is -2.09. The number of rotatable bonds is 6. The smallest absolute Gasteiger partial charge is 0.211 e. The maximum Gasteiger partial charge on any atom is 0.211 e. The van der Waals surface area contributed by atoms with E-state index in [0.29, 0.717) is 12.8 Å². The zero-order valence-corrected chi connectivity index (χ0v) is 7.78. The molecule has 0 amide bonds. The fourth-order valence-corrected chi connectivity index (χ4v) is 0.913. The summed E-state index contributed by atoms with van der Waals surface area (Å²) in [6.45, 7) is 4.23. The second-order valence-corrected chi connectivity index (χ2v) is 3.36. The third kappa shape index (κ3) is 3.02. The van der Waals surface area contributed by atoms with Crippen LogP contribution in [-0.4, -0.2) is 30.3 Å². The molecule has 0 radical (unpaired) electrons. The van der Waals surface area contributed by atoms with Crippen LogP contribution in [0.2, 0.25) is 0 Å². The highest BCUT2D eigenvalue weighted by molar-refractivity contribution is 6.27. The molecule has 1 rings (SSSR count). The van der Waals surface area contributed by atoms with Crippen molar-refractivity contribution in [2.24, 2.45) is 10.2 Å². The van der Waals surface area contributed by atoms with Gasteiger partial charge in [-0.1, -0.05) is 0 Å². The molecule has 1 N–H and O–H groups in total. The molecule has 1 aliphatic heterocycles. The number of ketones is 1. The molecule has 1 heterocycles. The van der Waals surface area contributed by atoms with Crippen molar-refractivity contribution in [1.82, 2.24) is 5.32 Å². The molecule has 0 aliphatic carbocycles. The molecule has 0 saturated carbocycles. The van der Waals surface area contributed by atoms with E-state index in [2.05, 4.69) is 15.5 Å². The normalized spacial score (nSPS) is 19.5. The Morgan fingerprint density at radius 2 is 2.23 bits per heavy atom. The molecule has 13 heavy (non-hydrogen) atoms. The second-order valence-electron chi connectivity index (χ2n) is 3.36. The van der Waals surface area contributed by atoms with Gasteiger partial charge in [-0.05, 0) is 13.8 Å². The molecule has 5 nitrogen and oxygen atoms in total. The Morgan fingerprint density at radius 1 is 1.62 bits per heavy atom. The van der Waals surface area contributed by atoms with Crippen molar-refractivity contribution in [1.29, 1.82) is 0 Å². The Balaban J connectivity index is 2.11. The summed E-state index contributed by atoms with van der Waals surface area (Å²) in [7, 11) is 0. The van der Waals surface area contributed by atoms with E-state index in [-0.39, 0.29) is 5.66 Å². The number of nitrogens with zero attached hydrogens (tertiary/aromatic N) is 2. The van der Waals surface area contributed by atoms with Gasteiger partial charge in [0.15, 0.2) is 11.9 Å². The van der Waals surface area contributed by atoms with E-state index in [1.165, 1.54) is 0 Å². The van der Waals surface area contributed by atoms with E-state index in [4.69, 9.17) is 0 Å². The van der Waals surface area contributed by atoms with Crippen molar-refractivity contribution in [3.05, 3.63) is 0 Å². The van der Waals surface area contributed by atoms with Crippen LogP contribution in [0, 0.1) is 0 Å². The number of hydrogen-bond acceptors (Lipinski definition) is 5. The van der Waals surface area contributed by atoms with E-state index in [1.54, 1.807) is 6.92 Å². The highest BCUT2D eigenvalue weighted by atomic mass is 16.2. The summed E-state index contributed by atoms with van der Waals surface area (Å²) in [5, 5.41) is 10.6. The molecule has 72 valence electrons. The molecular weight excluding hydrogens is 170 g/mol. The molecule has 5 heteroatoms. The predicted octanol–water partition coefficient (Wildman–Crippen LogP) is 0.305. The van der Waals surface area contributed by atoms with Gasteiger partial charge in [0.2, 0.25) is 5.78 Å². The average molecular weight is 183 g/mol. The van der Waals surface area contributed by atoms with E-state index >= 15 is 0 Å². The topological polar surface area (TPSA) is 70.9 Å². The Kier molecular flexibility index (Phi) is 2.87. The van der Waals surface area contributed by atoms with E-state index < -0.39 is 11.8 Å². The monoisotopic (exact) mass is 183 g/mol. The quantitative estimate of drug-likeness (QED) is 0.475. The van der Waals surface area contributed by atoms with Crippen LogP contribution in [0.3, 0.4) is 0 Å². The number of nitrogens with one attached hydrogen (secondary N) is 1. The van der Waals surface area contributed by atoms with Crippen LogP contribution in [-0.2, 0) is 9.59 Å². The molecule has 0 aromatic carbocycles. The van der Waals surface area contributed by atoms with Crippen LogP contribution < -0.4 is 5.32 Å². The summed E-state index contributed by atoms with van der Waals surface area (Å²) >= 11 is 0. The summed E-state index contributed by atoms with van der Waals surface area (Å²) in [4.78, 5) is 20.9. The van der Waals surface area contributed by atoms with Gasteiger partial charge in [0.1, 0.15) is 0 Å². The van der Waals surface area contributed by atoms with Crippen molar-refractivity contribution < 1.29 is 9.59 Å². The molecule has 0 bridgehead atoms. The van der Waals surface area contributed by atoms with Crippen molar-refractivity contribution in [3.63, 3.8) is 0 Å². The molecule has 0 spiro atoms. The van der Waals surface area contributed by atoms with Gasteiger partial charge in [0.25, 0.3) is 0 Å². The standard InChI is InChI=1S/C8H13N3O2/c1-6(7(13)5-12)9-4-3-8(2)10-11-8/h5-6,9H,3-4H2,1-2H3. The summed E-state index contributed by atoms with van der Waals surface area (Å²) in [5.74, 6) is -0.421. The molecule has 1 atom stereocenters. The summed E-state index contributed by atoms with van der Waals surface area (Å²) in [6.07, 6.45) is 1.11. The number of hydrogen-bond donors (Lipinski definition) is 1. The molecule has 1 aliphatic rings. The van der Waals surface area contributed by atoms with Crippen molar-refractivity contribution in [2.75, 3.05) is 6.54 Å². The van der Waals surface area contributed by atoms with Crippen molar-refractivity contribution in [2.45, 2.75) is 32.0 Å². The van der Waals surface area contributed by atoms with E-state index in [0.717, 1.165) is 6.42 Å². The third-order valence-corrected chi connectivity index (χ3v) is 2.03. The average Bonchev–Trinajstić information content (AvgIpc) is 2.82. The first-order valence-electron chi connectivity index (χ1n) is 4.24. The maximum atomic E-state index is 10.8. The maximum absolute atomic E-state index is 10.8. The number of Topliss-reactive ketones (excluding diaryl/α,β-unsaturated/α-hetero) is 1. The predicted molar refractivity (Wildman–Crippen MR) is 46.4 cm³/mol. The fourth-order valence-electron chi connectivity index (χ4n) is 0.913. The van der Waals surface area contributed by atoms with Gasteiger partial charge in [-0.15, -0.1) is 0 Å². The Labute approximate surface area is 76.6 Å². The first-order chi connectivity index (χ1) is 6.07. The fraction of sp³-hybridized carbons (Fsp3) is 0.750. The van der Waals surface area contributed by atoms with Gasteiger partial charge in [-0.3, -0.25) is 9.59 Å². The molecule has 0 aromatic rings. The van der Waals surface area contributed by atoms with Crippen LogP contribution in [0.5, 0.6) is 0 Å². The third-order valence-electron chi connectivity index (χ3n) is 2.03. The second kappa shape index (κ2) is 3.74. The van der Waals surface area contributed by atoms with Gasteiger partial charge in [-0.2, -0.15) is 10.2 Å². The van der Waals surface area contributed by atoms with Gasteiger partial charge < -0.3 is 5.32 Å². The molecule has 0 saturated heterocycles. The van der Waals surface area contributed by atoms with E-state index in [9.17, 15) is 9.59 Å². The first-order valence-corrected chi connectivity index (χ1v) is 4.24. The van der Waals surface area contributed by atoms with Gasteiger partial charge >= 0.3 is 0 Å². The largest absolute Gasteiger partial charge is 0.307 e. The minimum Gasteiger partial charge on any atom is -0.307 e. The van der Waals surface area contributed by atoms with Crippen molar-refractivity contribution in [3.8, 4) is 0 Å². The number of aldehydes is 1. The number of carbonyl (C=O) groups is 2. The minimum atomic E-state index is -0.421. The highest BCUT2D eigenvalue weighted by Crippen LogP contribution is 2.29. The Bertz CT molecular complexity index is 244. The zero-order valence-electron chi connectivity index (χ0n) is 7.78. The molecular formula is C8H13N3O2. The van der Waals surface area contributed by atoms with Crippen LogP contribution in [0.25, 0.3) is 0 Å². The highest BCUT2D eigenvalue weighted by Gasteiger charge is 2.32. The molecule has 0 fully saturated rings. The lowest BCUT2D eigenvalue weighted by atomic mass is 10.1. The Morgan fingerprint density at radius 3 is 2.69 bits per heavy atom. The number of carbonyl (C=O) groups excluding carboxylic acids is 2. The molecule has 0 aromatic heterocycles. The lowest BCUT2D eigenvalue weighted by molar-refractivity contribution is -0.130. The van der Waals surface area contributed by atoms with Crippen LogP contribution >= 0.6 is 0 Å². The van der Waals surface area contributed by atoms with Gasteiger partial charge in [0, 0.05) is 13.0 Å². The van der Waals surface area contributed by atoms with E-state index in [1.807, 2.05) is 6.92 Å². The zero-order chi connectivity index (χ0) is 9.90. The minimum absolute atomic E-state index is 0.239. The lowest BCUT2D eigenvalue weighted by Crippen LogP contribution is -2.36. The summed E-state index contributed by atoms with van der Waals surface area (Å²) in [6, 6.07) is -0.403. The SMILES string of the molecule is CC(NCCC1(C)N=N1)C(=O)C=O. The van der Waals surface area contributed by atoms with Crippen LogP contribution in [0.15, 0.2) is 10.2 Å². The summed E-state index contributed by atoms with van der Waals surface area (Å²) < 4.78 is 0. The summed E-state index contributed by atoms with van der Waals surface area (Å²) in [5.41, 5.74) is -0.239. The Hall–Kier alpha value is -1.10.